The molecule has 0 saturated carbocycles. The molecule has 0 radical (unpaired) electrons. The Balaban J connectivity index is 1.82. The maximum atomic E-state index is 5.16. The van der Waals surface area contributed by atoms with E-state index in [9.17, 15) is 0 Å². The summed E-state index contributed by atoms with van der Waals surface area (Å²) >= 11 is 1.66. The second-order valence-electron chi connectivity index (χ2n) is 4.20. The molecule has 0 aliphatic carbocycles. The molecule has 1 atom stereocenters. The van der Waals surface area contributed by atoms with Gasteiger partial charge in [-0.3, -0.25) is 4.40 Å². The van der Waals surface area contributed by atoms with Crippen molar-refractivity contribution in [3.8, 4) is 0 Å². The zero-order valence-electron chi connectivity index (χ0n) is 10.2. The summed E-state index contributed by atoms with van der Waals surface area (Å²) in [6, 6.07) is 2.27. The number of furan rings is 1. The lowest BCUT2D eigenvalue weighted by molar-refractivity contribution is 0.522. The van der Waals surface area contributed by atoms with Crippen LogP contribution < -0.4 is 5.32 Å². The average Bonchev–Trinajstić information content (AvgIpc) is 3.04. The van der Waals surface area contributed by atoms with E-state index in [4.69, 9.17) is 4.42 Å². The molecule has 94 valence electrons. The van der Waals surface area contributed by atoms with E-state index >= 15 is 0 Å². The van der Waals surface area contributed by atoms with Crippen molar-refractivity contribution in [2.75, 3.05) is 6.54 Å². The summed E-state index contributed by atoms with van der Waals surface area (Å²) in [5, 5.41) is 5.51. The number of rotatable bonds is 5. The Morgan fingerprint density at radius 2 is 2.50 bits per heavy atom. The van der Waals surface area contributed by atoms with Gasteiger partial charge in [-0.1, -0.05) is 6.92 Å². The van der Waals surface area contributed by atoms with Crippen molar-refractivity contribution in [2.45, 2.75) is 19.4 Å². The van der Waals surface area contributed by atoms with Crippen molar-refractivity contribution >= 4 is 16.3 Å². The van der Waals surface area contributed by atoms with Crippen LogP contribution in [0.2, 0.25) is 0 Å². The first-order valence-electron chi connectivity index (χ1n) is 6.03. The molecule has 0 bridgehead atoms. The number of likely N-dealkylation sites (N-methyl/N-ethyl adjacent to an activating group) is 1. The van der Waals surface area contributed by atoms with Crippen molar-refractivity contribution in [3.63, 3.8) is 0 Å². The highest BCUT2D eigenvalue weighted by Gasteiger charge is 2.14. The third-order valence-electron chi connectivity index (χ3n) is 2.95. The predicted molar refractivity (Wildman–Crippen MR) is 71.9 cm³/mol. The Bertz CT molecular complexity index is 583. The molecule has 18 heavy (non-hydrogen) atoms. The SMILES string of the molecule is CCNC(Cc1cn2ccsc2n1)c1ccoc1. The van der Waals surface area contributed by atoms with E-state index in [-0.39, 0.29) is 6.04 Å². The van der Waals surface area contributed by atoms with Crippen LogP contribution in [0.25, 0.3) is 4.96 Å². The van der Waals surface area contributed by atoms with Crippen LogP contribution in [-0.4, -0.2) is 15.9 Å². The lowest BCUT2D eigenvalue weighted by atomic mass is 10.1. The molecule has 1 unspecified atom stereocenters. The van der Waals surface area contributed by atoms with Crippen LogP contribution in [0.5, 0.6) is 0 Å². The second kappa shape index (κ2) is 4.96. The number of nitrogens with one attached hydrogen (secondary N) is 1. The van der Waals surface area contributed by atoms with E-state index in [0.29, 0.717) is 0 Å². The van der Waals surface area contributed by atoms with Crippen molar-refractivity contribution < 1.29 is 4.42 Å². The first-order chi connectivity index (χ1) is 8.86. The maximum absolute atomic E-state index is 5.16. The van der Waals surface area contributed by atoms with E-state index in [1.807, 2.05) is 17.6 Å². The normalized spacial score (nSPS) is 13.2. The molecule has 0 aliphatic rings. The Morgan fingerprint density at radius 3 is 3.22 bits per heavy atom. The number of fused-ring (bicyclic) bond motifs is 1. The van der Waals surface area contributed by atoms with Gasteiger partial charge in [0.05, 0.1) is 18.2 Å². The summed E-state index contributed by atoms with van der Waals surface area (Å²) in [6.45, 7) is 3.04. The maximum Gasteiger partial charge on any atom is 0.193 e. The predicted octanol–water partition coefficient (Wildman–Crippen LogP) is 2.88. The van der Waals surface area contributed by atoms with E-state index in [1.54, 1.807) is 23.9 Å². The Labute approximate surface area is 109 Å². The standard InChI is InChI=1S/C13H15N3OS/c1-2-14-12(10-3-5-17-9-10)7-11-8-16-4-6-18-13(16)15-11/h3-6,8-9,12,14H,2,7H2,1H3. The molecular weight excluding hydrogens is 246 g/mol. The number of hydrogen-bond donors (Lipinski definition) is 1. The minimum absolute atomic E-state index is 0.262. The molecule has 4 nitrogen and oxygen atoms in total. The number of aromatic nitrogens is 2. The van der Waals surface area contributed by atoms with Gasteiger partial charge in [-0.25, -0.2) is 4.98 Å². The van der Waals surface area contributed by atoms with Crippen LogP contribution in [-0.2, 0) is 6.42 Å². The first kappa shape index (κ1) is 11.5. The highest BCUT2D eigenvalue weighted by Crippen LogP contribution is 2.20. The van der Waals surface area contributed by atoms with E-state index in [0.717, 1.165) is 23.6 Å². The van der Waals surface area contributed by atoms with Crippen molar-refractivity contribution in [1.29, 1.82) is 0 Å². The fourth-order valence-corrected chi connectivity index (χ4v) is 2.83. The minimum atomic E-state index is 0.262. The Hall–Kier alpha value is -1.59. The lowest BCUT2D eigenvalue weighted by Gasteiger charge is -2.14. The van der Waals surface area contributed by atoms with Gasteiger partial charge < -0.3 is 9.73 Å². The summed E-state index contributed by atoms with van der Waals surface area (Å²) in [4.78, 5) is 5.66. The van der Waals surface area contributed by atoms with Gasteiger partial charge in [0.25, 0.3) is 0 Å². The largest absolute Gasteiger partial charge is 0.472 e. The second-order valence-corrected chi connectivity index (χ2v) is 5.07. The van der Waals surface area contributed by atoms with Crippen molar-refractivity contribution in [2.24, 2.45) is 0 Å². The summed E-state index contributed by atoms with van der Waals surface area (Å²) in [5.74, 6) is 0. The average molecular weight is 261 g/mol. The third-order valence-corrected chi connectivity index (χ3v) is 3.72. The number of nitrogens with zero attached hydrogens (tertiary/aromatic N) is 2. The summed E-state index contributed by atoms with van der Waals surface area (Å²) < 4.78 is 7.23. The first-order valence-corrected chi connectivity index (χ1v) is 6.91. The molecule has 0 spiro atoms. The summed E-state index contributed by atoms with van der Waals surface area (Å²) in [6.07, 6.45) is 8.52. The number of hydrogen-bond acceptors (Lipinski definition) is 4. The molecule has 3 heterocycles. The molecule has 0 aromatic carbocycles. The summed E-state index contributed by atoms with van der Waals surface area (Å²) in [5.41, 5.74) is 2.28. The highest BCUT2D eigenvalue weighted by molar-refractivity contribution is 7.15. The van der Waals surface area contributed by atoms with Crippen LogP contribution in [0.3, 0.4) is 0 Å². The molecule has 3 aromatic rings. The molecular formula is C13H15N3OS. The molecule has 0 amide bonds. The minimum Gasteiger partial charge on any atom is -0.472 e. The molecule has 3 rings (SSSR count). The smallest absolute Gasteiger partial charge is 0.193 e. The zero-order chi connectivity index (χ0) is 12.4. The number of imidazole rings is 1. The third kappa shape index (κ3) is 2.19. The van der Waals surface area contributed by atoms with Crippen LogP contribution in [0.1, 0.15) is 24.2 Å². The highest BCUT2D eigenvalue weighted by atomic mass is 32.1. The Kier molecular flexibility index (Phi) is 3.17. The fourth-order valence-electron chi connectivity index (χ4n) is 2.11. The molecule has 0 fully saturated rings. The van der Waals surface area contributed by atoms with Crippen LogP contribution in [0, 0.1) is 0 Å². The van der Waals surface area contributed by atoms with Crippen molar-refractivity contribution in [1.82, 2.24) is 14.7 Å². The molecule has 5 heteroatoms. The molecule has 3 aromatic heterocycles. The van der Waals surface area contributed by atoms with Crippen LogP contribution in [0.4, 0.5) is 0 Å². The summed E-state index contributed by atoms with van der Waals surface area (Å²) in [7, 11) is 0. The van der Waals surface area contributed by atoms with Crippen LogP contribution in [0.15, 0.2) is 40.8 Å². The Morgan fingerprint density at radius 1 is 1.56 bits per heavy atom. The van der Waals surface area contributed by atoms with Gasteiger partial charge in [0, 0.05) is 35.8 Å². The van der Waals surface area contributed by atoms with Gasteiger partial charge in [-0.15, -0.1) is 11.3 Å². The molecule has 1 N–H and O–H groups in total. The van der Waals surface area contributed by atoms with Gasteiger partial charge in [-0.2, -0.15) is 0 Å². The topological polar surface area (TPSA) is 42.5 Å². The fraction of sp³-hybridized carbons (Fsp3) is 0.308. The van der Waals surface area contributed by atoms with Gasteiger partial charge in [-0.05, 0) is 12.6 Å². The van der Waals surface area contributed by atoms with E-state index in [1.165, 1.54) is 5.56 Å². The lowest BCUT2D eigenvalue weighted by Crippen LogP contribution is -2.22. The van der Waals surface area contributed by atoms with E-state index < -0.39 is 0 Å². The monoisotopic (exact) mass is 261 g/mol. The quantitative estimate of drug-likeness (QED) is 0.768. The van der Waals surface area contributed by atoms with Gasteiger partial charge in [0.15, 0.2) is 4.96 Å². The zero-order valence-corrected chi connectivity index (χ0v) is 11.0. The molecule has 0 saturated heterocycles. The van der Waals surface area contributed by atoms with E-state index in [2.05, 4.69) is 27.8 Å². The van der Waals surface area contributed by atoms with Gasteiger partial charge in [0.1, 0.15) is 0 Å². The van der Waals surface area contributed by atoms with Gasteiger partial charge in [0.2, 0.25) is 0 Å². The van der Waals surface area contributed by atoms with Gasteiger partial charge >= 0.3 is 0 Å². The number of thiazole rings is 1. The molecule has 0 aliphatic heterocycles. The van der Waals surface area contributed by atoms with Crippen LogP contribution >= 0.6 is 11.3 Å². The van der Waals surface area contributed by atoms with Crippen molar-refractivity contribution in [3.05, 3.63) is 47.6 Å².